The van der Waals surface area contributed by atoms with Gasteiger partial charge < -0.3 is 9.15 Å². The van der Waals surface area contributed by atoms with Crippen LogP contribution in [0.3, 0.4) is 0 Å². The Morgan fingerprint density at radius 3 is 2.56 bits per heavy atom. The van der Waals surface area contributed by atoms with Gasteiger partial charge in [-0.2, -0.15) is 13.9 Å². The van der Waals surface area contributed by atoms with Crippen molar-refractivity contribution in [3.8, 4) is 17.3 Å². The van der Waals surface area contributed by atoms with Crippen molar-refractivity contribution >= 4 is 0 Å². The molecule has 4 rings (SSSR count). The predicted octanol–water partition coefficient (Wildman–Crippen LogP) is 3.32. The Labute approximate surface area is 141 Å². The van der Waals surface area contributed by atoms with E-state index in [9.17, 15) is 8.78 Å². The zero-order valence-electron chi connectivity index (χ0n) is 13.0. The number of aromatic nitrogens is 5. The summed E-state index contributed by atoms with van der Waals surface area (Å²) in [5.41, 5.74) is 2.10. The molecule has 3 aromatic heterocycles. The predicted molar refractivity (Wildman–Crippen MR) is 80.8 cm³/mol. The highest BCUT2D eigenvalue weighted by molar-refractivity contribution is 5.50. The van der Waals surface area contributed by atoms with Crippen LogP contribution in [0.2, 0.25) is 0 Å². The fourth-order valence-corrected chi connectivity index (χ4v) is 2.23. The van der Waals surface area contributed by atoms with Crippen LogP contribution in [0.4, 0.5) is 8.78 Å². The van der Waals surface area contributed by atoms with E-state index in [1.54, 1.807) is 18.2 Å². The van der Waals surface area contributed by atoms with Crippen LogP contribution in [-0.2, 0) is 6.61 Å². The first-order valence-corrected chi connectivity index (χ1v) is 7.72. The van der Waals surface area contributed by atoms with Gasteiger partial charge in [0.1, 0.15) is 6.61 Å². The van der Waals surface area contributed by atoms with Gasteiger partial charge in [0.25, 0.3) is 5.89 Å². The summed E-state index contributed by atoms with van der Waals surface area (Å²) in [5, 5.41) is 15.0. The van der Waals surface area contributed by atoms with Gasteiger partial charge in [0.15, 0.2) is 0 Å². The molecule has 128 valence electrons. The van der Waals surface area contributed by atoms with Gasteiger partial charge >= 0.3 is 6.43 Å². The van der Waals surface area contributed by atoms with Crippen LogP contribution in [0.5, 0.6) is 5.88 Å². The lowest BCUT2D eigenvalue weighted by molar-refractivity contribution is 0.116. The van der Waals surface area contributed by atoms with E-state index in [1.165, 1.54) is 19.0 Å². The van der Waals surface area contributed by atoms with E-state index in [4.69, 9.17) is 9.15 Å². The van der Waals surface area contributed by atoms with Gasteiger partial charge in [-0.25, -0.2) is 0 Å². The fourth-order valence-electron chi connectivity index (χ4n) is 2.23. The molecule has 0 radical (unpaired) electrons. The van der Waals surface area contributed by atoms with Crippen molar-refractivity contribution in [2.45, 2.75) is 31.8 Å². The molecule has 7 nitrogen and oxygen atoms in total. The molecule has 0 bridgehead atoms. The van der Waals surface area contributed by atoms with Crippen LogP contribution >= 0.6 is 0 Å². The molecule has 0 aromatic carbocycles. The summed E-state index contributed by atoms with van der Waals surface area (Å²) in [6.07, 6.45) is 1.01. The van der Waals surface area contributed by atoms with Gasteiger partial charge in [-0.1, -0.05) is 0 Å². The van der Waals surface area contributed by atoms with Crippen molar-refractivity contribution in [2.75, 3.05) is 0 Å². The molecule has 9 heteroatoms. The number of alkyl halides is 2. The minimum Gasteiger partial charge on any atom is -0.470 e. The molecule has 3 heterocycles. The minimum absolute atomic E-state index is 0.00296. The molecule has 0 unspecified atom stereocenters. The molecule has 1 saturated carbocycles. The maximum Gasteiger partial charge on any atom is 0.314 e. The summed E-state index contributed by atoms with van der Waals surface area (Å²) in [6, 6.07) is 7.05. The third kappa shape index (κ3) is 3.59. The summed E-state index contributed by atoms with van der Waals surface area (Å²) >= 11 is 0. The highest BCUT2D eigenvalue weighted by Gasteiger charge is 2.25. The van der Waals surface area contributed by atoms with Crippen molar-refractivity contribution in [2.24, 2.45) is 0 Å². The maximum absolute atomic E-state index is 12.5. The highest BCUT2D eigenvalue weighted by Crippen LogP contribution is 2.38. The summed E-state index contributed by atoms with van der Waals surface area (Å²) in [6.45, 7) is 0.212. The first-order chi connectivity index (χ1) is 12.2. The molecular formula is C16H13F2N5O2. The van der Waals surface area contributed by atoms with Crippen LogP contribution in [-0.4, -0.2) is 25.4 Å². The monoisotopic (exact) mass is 345 g/mol. The van der Waals surface area contributed by atoms with E-state index in [0.29, 0.717) is 23.1 Å². The average Bonchev–Trinajstić information content (AvgIpc) is 3.37. The van der Waals surface area contributed by atoms with Gasteiger partial charge in [-0.3, -0.25) is 4.98 Å². The second-order valence-corrected chi connectivity index (χ2v) is 5.64. The Hall–Kier alpha value is -2.97. The molecule has 0 spiro atoms. The summed E-state index contributed by atoms with van der Waals surface area (Å²) in [4.78, 5) is 4.19. The number of hydrogen-bond acceptors (Lipinski definition) is 7. The zero-order chi connectivity index (χ0) is 17.2. The maximum atomic E-state index is 12.5. The van der Waals surface area contributed by atoms with Crippen molar-refractivity contribution in [1.82, 2.24) is 25.4 Å². The Morgan fingerprint density at radius 2 is 1.96 bits per heavy atom. The second kappa shape index (κ2) is 6.50. The molecule has 0 amide bonds. The van der Waals surface area contributed by atoms with Crippen molar-refractivity contribution in [3.63, 3.8) is 0 Å². The quantitative estimate of drug-likeness (QED) is 0.677. The number of pyridine rings is 1. The molecule has 0 aliphatic heterocycles. The fraction of sp³-hybridized carbons (Fsp3) is 0.312. The number of ether oxygens (including phenoxy) is 1. The molecular weight excluding hydrogens is 332 g/mol. The van der Waals surface area contributed by atoms with Crippen LogP contribution in [0.15, 0.2) is 34.9 Å². The number of halogens is 2. The van der Waals surface area contributed by atoms with Gasteiger partial charge in [-0.05, 0) is 31.0 Å². The van der Waals surface area contributed by atoms with E-state index < -0.39 is 12.3 Å². The average molecular weight is 345 g/mol. The van der Waals surface area contributed by atoms with Gasteiger partial charge in [0.05, 0.1) is 17.0 Å². The summed E-state index contributed by atoms with van der Waals surface area (Å²) in [7, 11) is 0. The van der Waals surface area contributed by atoms with Crippen LogP contribution in [0.1, 0.15) is 42.5 Å². The van der Waals surface area contributed by atoms with E-state index in [0.717, 1.165) is 5.69 Å². The normalized spacial score (nSPS) is 14.0. The topological polar surface area (TPSA) is 86.8 Å². The molecule has 1 fully saturated rings. The molecule has 0 N–H and O–H groups in total. The molecule has 0 atom stereocenters. The van der Waals surface area contributed by atoms with Crippen LogP contribution in [0.25, 0.3) is 11.5 Å². The molecule has 1 aliphatic carbocycles. The van der Waals surface area contributed by atoms with Crippen molar-refractivity contribution in [3.05, 3.63) is 47.7 Å². The van der Waals surface area contributed by atoms with Crippen LogP contribution in [0, 0.1) is 0 Å². The first kappa shape index (κ1) is 15.6. The SMILES string of the molecule is FC(F)c1nnc(-c2ccc(COc3ccc(C4CC4)nn3)nc2)o1. The number of rotatable bonds is 6. The van der Waals surface area contributed by atoms with Crippen molar-refractivity contribution in [1.29, 1.82) is 0 Å². The standard InChI is InChI=1S/C16H13F2N5O2/c17-14(18)16-23-22-15(25-16)10-3-4-11(19-7-10)8-24-13-6-5-12(20-21-13)9-1-2-9/h3-7,9,14H,1-2,8H2. The Balaban J connectivity index is 1.38. The van der Waals surface area contributed by atoms with E-state index in [2.05, 4.69) is 25.4 Å². The highest BCUT2D eigenvalue weighted by atomic mass is 19.3. The first-order valence-electron chi connectivity index (χ1n) is 7.72. The number of hydrogen-bond donors (Lipinski definition) is 0. The molecule has 1 aliphatic rings. The van der Waals surface area contributed by atoms with Gasteiger partial charge in [-0.15, -0.1) is 15.3 Å². The Morgan fingerprint density at radius 1 is 1.08 bits per heavy atom. The van der Waals surface area contributed by atoms with Crippen molar-refractivity contribution < 1.29 is 17.9 Å². The van der Waals surface area contributed by atoms with E-state index in [-0.39, 0.29) is 12.5 Å². The molecule has 3 aromatic rings. The molecule has 0 saturated heterocycles. The van der Waals surface area contributed by atoms with Gasteiger partial charge in [0.2, 0.25) is 11.8 Å². The van der Waals surface area contributed by atoms with E-state index >= 15 is 0 Å². The smallest absolute Gasteiger partial charge is 0.314 e. The third-order valence-electron chi connectivity index (χ3n) is 3.72. The Bertz CT molecular complexity index is 848. The lowest BCUT2D eigenvalue weighted by atomic mass is 10.2. The summed E-state index contributed by atoms with van der Waals surface area (Å²) in [5.74, 6) is 0.257. The third-order valence-corrected chi connectivity index (χ3v) is 3.72. The lowest BCUT2D eigenvalue weighted by Gasteiger charge is -2.05. The lowest BCUT2D eigenvalue weighted by Crippen LogP contribution is -2.01. The van der Waals surface area contributed by atoms with E-state index in [1.807, 2.05) is 6.07 Å². The largest absolute Gasteiger partial charge is 0.470 e. The minimum atomic E-state index is -2.80. The summed E-state index contributed by atoms with van der Waals surface area (Å²) < 4.78 is 35.3. The molecule has 25 heavy (non-hydrogen) atoms. The van der Waals surface area contributed by atoms with Gasteiger partial charge in [0, 0.05) is 18.2 Å². The van der Waals surface area contributed by atoms with Crippen LogP contribution < -0.4 is 4.74 Å². The second-order valence-electron chi connectivity index (χ2n) is 5.64. The number of nitrogens with zero attached hydrogens (tertiary/aromatic N) is 5. The zero-order valence-corrected chi connectivity index (χ0v) is 13.0. The Kier molecular flexibility index (Phi) is 4.04.